The summed E-state index contributed by atoms with van der Waals surface area (Å²) in [6.45, 7) is 3.52. The van der Waals surface area contributed by atoms with Crippen LogP contribution in [0.25, 0.3) is 0 Å². The molecule has 2 aromatic carbocycles. The van der Waals surface area contributed by atoms with Gasteiger partial charge in [0.2, 0.25) is 11.8 Å². The van der Waals surface area contributed by atoms with Crippen LogP contribution in [0.3, 0.4) is 0 Å². The molecule has 192 valence electrons. The average Bonchev–Trinajstić information content (AvgIpc) is 3.54. The van der Waals surface area contributed by atoms with E-state index < -0.39 is 23.7 Å². The van der Waals surface area contributed by atoms with Gasteiger partial charge in [-0.3, -0.25) is 19.3 Å². The molecule has 0 aliphatic heterocycles. The van der Waals surface area contributed by atoms with Crippen LogP contribution in [0, 0.1) is 19.7 Å². The lowest BCUT2D eigenvalue weighted by molar-refractivity contribution is -0.125. The van der Waals surface area contributed by atoms with Gasteiger partial charge in [-0.2, -0.15) is 0 Å². The standard InChI is InChI=1S/C28H29FN4O4/c1-18-7-3-6-10-23(18)33(26(35)16-15-25(34)31-24-17-19(2)37-32-24)27(20-11-13-21(29)14-12-20)28(36)30-22-8-4-5-9-22/h3,6-7,10-17,22,27H,4-5,8-9H2,1-2H3,(H,30,36)(H,31,32,34)/b16-15+/t27-/m0/s1. The summed E-state index contributed by atoms with van der Waals surface area (Å²) < 4.78 is 18.7. The minimum atomic E-state index is -1.08. The number of nitrogens with one attached hydrogen (secondary N) is 2. The third kappa shape index (κ3) is 6.49. The molecule has 3 aromatic rings. The molecule has 0 radical (unpaired) electrons. The lowest BCUT2D eigenvalue weighted by Gasteiger charge is -2.32. The fourth-order valence-corrected chi connectivity index (χ4v) is 4.45. The number of para-hydroxylation sites is 1. The van der Waals surface area contributed by atoms with Gasteiger partial charge in [0.15, 0.2) is 5.82 Å². The second kappa shape index (κ2) is 11.6. The molecule has 9 heteroatoms. The topological polar surface area (TPSA) is 105 Å². The second-order valence-electron chi connectivity index (χ2n) is 9.08. The molecule has 0 bridgehead atoms. The van der Waals surface area contributed by atoms with Gasteiger partial charge in [0.1, 0.15) is 17.6 Å². The Balaban J connectivity index is 1.69. The Morgan fingerprint density at radius 3 is 2.41 bits per heavy atom. The third-order valence-corrected chi connectivity index (χ3v) is 6.26. The highest BCUT2D eigenvalue weighted by Gasteiger charge is 2.34. The molecule has 2 N–H and O–H groups in total. The average molecular weight is 505 g/mol. The van der Waals surface area contributed by atoms with Gasteiger partial charge in [-0.25, -0.2) is 4.39 Å². The number of nitrogens with zero attached hydrogens (tertiary/aromatic N) is 2. The first-order valence-electron chi connectivity index (χ1n) is 12.2. The van der Waals surface area contributed by atoms with Crippen molar-refractivity contribution < 1.29 is 23.3 Å². The molecule has 0 spiro atoms. The van der Waals surface area contributed by atoms with Crippen molar-refractivity contribution in [3.63, 3.8) is 0 Å². The van der Waals surface area contributed by atoms with Crippen molar-refractivity contribution in [3.05, 3.63) is 89.5 Å². The summed E-state index contributed by atoms with van der Waals surface area (Å²) in [4.78, 5) is 41.1. The van der Waals surface area contributed by atoms with Gasteiger partial charge < -0.3 is 15.2 Å². The van der Waals surface area contributed by atoms with E-state index in [-0.39, 0.29) is 17.8 Å². The van der Waals surface area contributed by atoms with Gasteiger partial charge in [0.25, 0.3) is 5.91 Å². The number of anilines is 2. The molecular formula is C28H29FN4O4. The first-order chi connectivity index (χ1) is 17.8. The van der Waals surface area contributed by atoms with Crippen molar-refractivity contribution in [1.82, 2.24) is 10.5 Å². The predicted molar refractivity (Wildman–Crippen MR) is 137 cm³/mol. The first-order valence-corrected chi connectivity index (χ1v) is 12.2. The molecule has 1 heterocycles. The molecule has 8 nitrogen and oxygen atoms in total. The Hall–Kier alpha value is -4.27. The number of carbonyl (C=O) groups is 3. The first kappa shape index (κ1) is 25.8. The lowest BCUT2D eigenvalue weighted by Crippen LogP contribution is -2.46. The van der Waals surface area contributed by atoms with Crippen molar-refractivity contribution in [2.75, 3.05) is 10.2 Å². The Labute approximate surface area is 214 Å². The molecule has 1 fully saturated rings. The summed E-state index contributed by atoms with van der Waals surface area (Å²) >= 11 is 0. The quantitative estimate of drug-likeness (QED) is 0.431. The summed E-state index contributed by atoms with van der Waals surface area (Å²) in [6.07, 6.45) is 5.96. The zero-order valence-electron chi connectivity index (χ0n) is 20.7. The SMILES string of the molecule is Cc1cc(NC(=O)/C=C/C(=O)N(c2ccccc2C)[C@H](C(=O)NC2CCCC2)c2ccc(F)cc2)no1. The monoisotopic (exact) mass is 504 g/mol. The van der Waals surface area contributed by atoms with E-state index >= 15 is 0 Å². The third-order valence-electron chi connectivity index (χ3n) is 6.26. The number of halogens is 1. The van der Waals surface area contributed by atoms with E-state index in [0.29, 0.717) is 17.0 Å². The molecule has 1 atom stereocenters. The molecule has 1 aliphatic rings. The van der Waals surface area contributed by atoms with Crippen LogP contribution in [0.2, 0.25) is 0 Å². The summed E-state index contributed by atoms with van der Waals surface area (Å²) in [5.74, 6) is -1.25. The van der Waals surface area contributed by atoms with Crippen molar-refractivity contribution in [2.45, 2.75) is 51.6 Å². The number of rotatable bonds is 8. The van der Waals surface area contributed by atoms with Crippen molar-refractivity contribution in [1.29, 1.82) is 0 Å². The number of carbonyl (C=O) groups excluding carboxylic acids is 3. The highest BCUT2D eigenvalue weighted by atomic mass is 19.1. The number of aryl methyl sites for hydroxylation is 2. The van der Waals surface area contributed by atoms with Crippen LogP contribution in [0.1, 0.15) is 48.6 Å². The zero-order chi connectivity index (χ0) is 26.4. The molecule has 3 amide bonds. The summed E-state index contributed by atoms with van der Waals surface area (Å²) in [7, 11) is 0. The number of hydrogen-bond acceptors (Lipinski definition) is 5. The molecule has 4 rings (SSSR count). The van der Waals surface area contributed by atoms with Gasteiger partial charge >= 0.3 is 0 Å². The Kier molecular flexibility index (Phi) is 8.12. The molecular weight excluding hydrogens is 475 g/mol. The summed E-state index contributed by atoms with van der Waals surface area (Å²) in [6, 6.07) is 13.1. The van der Waals surface area contributed by atoms with E-state index in [1.54, 1.807) is 25.1 Å². The highest BCUT2D eigenvalue weighted by molar-refractivity contribution is 6.10. The molecule has 1 aliphatic carbocycles. The number of aromatic nitrogens is 1. The fraction of sp³-hybridized carbons (Fsp3) is 0.286. The second-order valence-corrected chi connectivity index (χ2v) is 9.08. The van der Waals surface area contributed by atoms with E-state index in [0.717, 1.165) is 43.4 Å². The number of benzene rings is 2. The van der Waals surface area contributed by atoms with Crippen molar-refractivity contribution >= 4 is 29.2 Å². The van der Waals surface area contributed by atoms with Crippen LogP contribution in [-0.4, -0.2) is 28.9 Å². The van der Waals surface area contributed by atoms with Crippen molar-refractivity contribution in [2.24, 2.45) is 0 Å². The zero-order valence-corrected chi connectivity index (χ0v) is 20.7. The number of hydrogen-bond donors (Lipinski definition) is 2. The molecule has 0 unspecified atom stereocenters. The molecule has 37 heavy (non-hydrogen) atoms. The van der Waals surface area contributed by atoms with E-state index in [1.807, 2.05) is 19.1 Å². The maximum absolute atomic E-state index is 13.8. The smallest absolute Gasteiger partial charge is 0.252 e. The fourth-order valence-electron chi connectivity index (χ4n) is 4.45. The van der Waals surface area contributed by atoms with Gasteiger partial charge in [0.05, 0.1) is 0 Å². The molecule has 1 aromatic heterocycles. The van der Waals surface area contributed by atoms with Crippen molar-refractivity contribution in [3.8, 4) is 0 Å². The van der Waals surface area contributed by atoms with Crippen LogP contribution in [-0.2, 0) is 14.4 Å². The Morgan fingerprint density at radius 2 is 1.76 bits per heavy atom. The molecule has 0 saturated heterocycles. The van der Waals surface area contributed by atoms with Gasteiger partial charge in [0, 0.05) is 29.9 Å². The van der Waals surface area contributed by atoms with E-state index in [2.05, 4.69) is 15.8 Å². The minimum Gasteiger partial charge on any atom is -0.360 e. The highest BCUT2D eigenvalue weighted by Crippen LogP contribution is 2.31. The Bertz CT molecular complexity index is 1300. The van der Waals surface area contributed by atoms with Crippen LogP contribution in [0.15, 0.2) is 71.3 Å². The van der Waals surface area contributed by atoms with Crippen LogP contribution in [0.5, 0.6) is 0 Å². The minimum absolute atomic E-state index is 0.0107. The summed E-state index contributed by atoms with van der Waals surface area (Å²) in [5.41, 5.74) is 1.71. The van der Waals surface area contributed by atoms with Crippen LogP contribution >= 0.6 is 0 Å². The normalized spacial score (nSPS) is 14.5. The maximum Gasteiger partial charge on any atom is 0.252 e. The maximum atomic E-state index is 13.8. The summed E-state index contributed by atoms with van der Waals surface area (Å²) in [5, 5.41) is 9.30. The van der Waals surface area contributed by atoms with E-state index in [1.165, 1.54) is 29.2 Å². The van der Waals surface area contributed by atoms with Crippen LogP contribution < -0.4 is 15.5 Å². The van der Waals surface area contributed by atoms with Gasteiger partial charge in [-0.05, 0) is 56.0 Å². The van der Waals surface area contributed by atoms with E-state index in [4.69, 9.17) is 4.52 Å². The van der Waals surface area contributed by atoms with E-state index in [9.17, 15) is 18.8 Å². The van der Waals surface area contributed by atoms with Crippen LogP contribution in [0.4, 0.5) is 15.9 Å². The van der Waals surface area contributed by atoms with Gasteiger partial charge in [-0.1, -0.05) is 48.3 Å². The number of amides is 3. The largest absolute Gasteiger partial charge is 0.360 e. The van der Waals surface area contributed by atoms with Gasteiger partial charge in [-0.15, -0.1) is 0 Å². The molecule has 1 saturated carbocycles. The Morgan fingerprint density at radius 1 is 1.05 bits per heavy atom. The lowest BCUT2D eigenvalue weighted by atomic mass is 10.0. The predicted octanol–water partition coefficient (Wildman–Crippen LogP) is 4.76.